The molecule has 0 aromatic carbocycles. The van der Waals surface area contributed by atoms with Crippen LogP contribution in [0.4, 0.5) is 0 Å². The molecule has 0 saturated carbocycles. The van der Waals surface area contributed by atoms with Crippen molar-refractivity contribution in [1.82, 2.24) is 9.78 Å². The number of hydrogen-bond donors (Lipinski definition) is 0. The molecule has 0 aliphatic heterocycles. The molecule has 0 saturated heterocycles. The molecule has 0 unspecified atom stereocenters. The molecule has 0 radical (unpaired) electrons. The molecule has 1 aromatic heterocycles. The van der Waals surface area contributed by atoms with E-state index in [1.54, 1.807) is 28.8 Å². The molecular formula is C7H11ClN2OS. The van der Waals surface area contributed by atoms with Gasteiger partial charge in [-0.25, -0.2) is 4.68 Å². The zero-order valence-electron chi connectivity index (χ0n) is 6.86. The number of halogens is 1. The standard InChI is InChI=1S/C7H11ClN2OS/c1-12-3-2-11-6-10-5-7(8)4-9-10/h4-5H,2-3,6H2,1H3. The third kappa shape index (κ3) is 3.47. The maximum Gasteiger partial charge on any atom is 0.139 e. The van der Waals surface area contributed by atoms with Gasteiger partial charge >= 0.3 is 0 Å². The maximum absolute atomic E-state index is 5.66. The second-order valence-electron chi connectivity index (χ2n) is 2.23. The van der Waals surface area contributed by atoms with Gasteiger partial charge in [0.25, 0.3) is 0 Å². The fourth-order valence-corrected chi connectivity index (χ4v) is 1.15. The summed E-state index contributed by atoms with van der Waals surface area (Å²) in [4.78, 5) is 0. The molecule has 0 aliphatic carbocycles. The lowest BCUT2D eigenvalue weighted by atomic mass is 10.7. The summed E-state index contributed by atoms with van der Waals surface area (Å²) >= 11 is 7.42. The van der Waals surface area contributed by atoms with Crippen molar-refractivity contribution in [2.45, 2.75) is 6.73 Å². The van der Waals surface area contributed by atoms with E-state index >= 15 is 0 Å². The molecule has 0 atom stereocenters. The van der Waals surface area contributed by atoms with Crippen molar-refractivity contribution < 1.29 is 4.74 Å². The average Bonchev–Trinajstić information content (AvgIpc) is 2.45. The van der Waals surface area contributed by atoms with Gasteiger partial charge in [-0.15, -0.1) is 0 Å². The monoisotopic (exact) mass is 206 g/mol. The molecule has 0 N–H and O–H groups in total. The minimum atomic E-state index is 0.479. The Kier molecular flexibility index (Phi) is 4.50. The fourth-order valence-electron chi connectivity index (χ4n) is 0.709. The summed E-state index contributed by atoms with van der Waals surface area (Å²) in [6.07, 6.45) is 5.38. The largest absolute Gasteiger partial charge is 0.358 e. The summed E-state index contributed by atoms with van der Waals surface area (Å²) in [6.45, 7) is 1.23. The third-order valence-electron chi connectivity index (χ3n) is 1.26. The molecule has 68 valence electrons. The molecule has 5 heteroatoms. The van der Waals surface area contributed by atoms with Gasteiger partial charge in [0.15, 0.2) is 0 Å². The van der Waals surface area contributed by atoms with E-state index in [1.807, 2.05) is 6.26 Å². The number of hydrogen-bond acceptors (Lipinski definition) is 3. The number of thioether (sulfide) groups is 1. The van der Waals surface area contributed by atoms with Crippen molar-refractivity contribution in [3.63, 3.8) is 0 Å². The highest BCUT2D eigenvalue weighted by Crippen LogP contribution is 2.04. The summed E-state index contributed by atoms with van der Waals surface area (Å²) in [6, 6.07) is 0. The van der Waals surface area contributed by atoms with Gasteiger partial charge in [0.1, 0.15) is 6.73 Å². The number of nitrogens with zero attached hydrogens (tertiary/aromatic N) is 2. The van der Waals surface area contributed by atoms with Crippen LogP contribution in [-0.2, 0) is 11.5 Å². The Morgan fingerprint density at radius 2 is 2.58 bits per heavy atom. The van der Waals surface area contributed by atoms with E-state index in [4.69, 9.17) is 16.3 Å². The lowest BCUT2D eigenvalue weighted by molar-refractivity contribution is 0.0812. The zero-order chi connectivity index (χ0) is 8.81. The predicted octanol–water partition coefficient (Wildman–Crippen LogP) is 1.87. The van der Waals surface area contributed by atoms with Gasteiger partial charge in [-0.05, 0) is 6.26 Å². The van der Waals surface area contributed by atoms with Gasteiger partial charge in [-0.3, -0.25) is 0 Å². The summed E-state index contributed by atoms with van der Waals surface area (Å²) < 4.78 is 6.96. The lowest BCUT2D eigenvalue weighted by Gasteiger charge is -2.01. The van der Waals surface area contributed by atoms with Gasteiger partial charge in [0.2, 0.25) is 0 Å². The van der Waals surface area contributed by atoms with Crippen molar-refractivity contribution in [2.24, 2.45) is 0 Å². The first kappa shape index (κ1) is 9.89. The number of rotatable bonds is 5. The molecule has 0 spiro atoms. The lowest BCUT2D eigenvalue weighted by Crippen LogP contribution is -2.04. The van der Waals surface area contributed by atoms with Crippen LogP contribution in [0.3, 0.4) is 0 Å². The molecule has 0 fully saturated rings. The zero-order valence-corrected chi connectivity index (χ0v) is 8.44. The Morgan fingerprint density at radius 3 is 3.17 bits per heavy atom. The molecular weight excluding hydrogens is 196 g/mol. The molecule has 0 aliphatic rings. The summed E-state index contributed by atoms with van der Waals surface area (Å²) in [5, 5.41) is 4.61. The Bertz CT molecular complexity index is 229. The minimum Gasteiger partial charge on any atom is -0.358 e. The van der Waals surface area contributed by atoms with E-state index in [1.165, 1.54) is 0 Å². The fraction of sp³-hybridized carbons (Fsp3) is 0.571. The van der Waals surface area contributed by atoms with Crippen molar-refractivity contribution in [3.8, 4) is 0 Å². The van der Waals surface area contributed by atoms with Crippen LogP contribution in [-0.4, -0.2) is 28.4 Å². The first-order valence-corrected chi connectivity index (χ1v) is 5.35. The van der Waals surface area contributed by atoms with Crippen molar-refractivity contribution in [2.75, 3.05) is 18.6 Å². The van der Waals surface area contributed by atoms with Gasteiger partial charge in [-0.2, -0.15) is 16.9 Å². The van der Waals surface area contributed by atoms with Crippen molar-refractivity contribution in [3.05, 3.63) is 17.4 Å². The van der Waals surface area contributed by atoms with E-state index < -0.39 is 0 Å². The smallest absolute Gasteiger partial charge is 0.139 e. The van der Waals surface area contributed by atoms with Crippen LogP contribution in [0, 0.1) is 0 Å². The summed E-state index contributed by atoms with van der Waals surface area (Å²) in [5.41, 5.74) is 0. The average molecular weight is 207 g/mol. The van der Waals surface area contributed by atoms with Crippen LogP contribution >= 0.6 is 23.4 Å². The number of ether oxygens (including phenoxy) is 1. The van der Waals surface area contributed by atoms with Crippen LogP contribution in [0.5, 0.6) is 0 Å². The molecule has 0 bridgehead atoms. The Labute approximate surface area is 81.0 Å². The molecule has 1 aromatic rings. The van der Waals surface area contributed by atoms with Gasteiger partial charge in [-0.1, -0.05) is 11.6 Å². The predicted molar refractivity (Wildman–Crippen MR) is 51.6 cm³/mol. The normalized spacial score (nSPS) is 10.5. The van der Waals surface area contributed by atoms with Gasteiger partial charge in [0.05, 0.1) is 17.8 Å². The van der Waals surface area contributed by atoms with Crippen LogP contribution < -0.4 is 0 Å². The second kappa shape index (κ2) is 5.45. The van der Waals surface area contributed by atoms with Crippen molar-refractivity contribution >= 4 is 23.4 Å². The van der Waals surface area contributed by atoms with E-state index in [-0.39, 0.29) is 0 Å². The molecule has 0 amide bonds. The van der Waals surface area contributed by atoms with Crippen LogP contribution in [0.25, 0.3) is 0 Å². The first-order valence-electron chi connectivity index (χ1n) is 3.57. The highest BCUT2D eigenvalue weighted by atomic mass is 35.5. The van der Waals surface area contributed by atoms with Crippen LogP contribution in [0.1, 0.15) is 0 Å². The van der Waals surface area contributed by atoms with Crippen molar-refractivity contribution in [1.29, 1.82) is 0 Å². The van der Waals surface area contributed by atoms with E-state index in [0.29, 0.717) is 11.8 Å². The summed E-state index contributed by atoms with van der Waals surface area (Å²) in [5.74, 6) is 1.01. The SMILES string of the molecule is CSCCOCn1cc(Cl)cn1. The van der Waals surface area contributed by atoms with E-state index in [0.717, 1.165) is 12.4 Å². The molecule has 1 rings (SSSR count). The third-order valence-corrected chi connectivity index (χ3v) is 2.03. The quantitative estimate of drug-likeness (QED) is 0.689. The van der Waals surface area contributed by atoms with Crippen LogP contribution in [0.15, 0.2) is 12.4 Å². The van der Waals surface area contributed by atoms with E-state index in [9.17, 15) is 0 Å². The van der Waals surface area contributed by atoms with E-state index in [2.05, 4.69) is 5.10 Å². The Hall–Kier alpha value is -0.190. The molecule has 12 heavy (non-hydrogen) atoms. The van der Waals surface area contributed by atoms with Gasteiger partial charge in [0, 0.05) is 11.9 Å². The molecule has 3 nitrogen and oxygen atoms in total. The maximum atomic E-state index is 5.66. The summed E-state index contributed by atoms with van der Waals surface area (Å²) in [7, 11) is 0. The van der Waals surface area contributed by atoms with Crippen LogP contribution in [0.2, 0.25) is 5.02 Å². The highest BCUT2D eigenvalue weighted by Gasteiger charge is 1.93. The first-order chi connectivity index (χ1) is 5.83. The minimum absolute atomic E-state index is 0.479. The van der Waals surface area contributed by atoms with Gasteiger partial charge < -0.3 is 4.74 Å². The topological polar surface area (TPSA) is 27.1 Å². The highest BCUT2D eigenvalue weighted by molar-refractivity contribution is 7.98. The Balaban J connectivity index is 2.15. The molecule has 1 heterocycles. The Morgan fingerprint density at radius 1 is 1.75 bits per heavy atom. The second-order valence-corrected chi connectivity index (χ2v) is 3.65. The number of aromatic nitrogens is 2.